The van der Waals surface area contributed by atoms with Gasteiger partial charge in [0.05, 0.1) is 10.5 Å². The van der Waals surface area contributed by atoms with E-state index in [1.165, 1.54) is 12.1 Å². The molecule has 0 fully saturated rings. The molecule has 0 heterocycles. The minimum absolute atomic E-state index is 0.359. The molecule has 0 aliphatic heterocycles. The van der Waals surface area contributed by atoms with Crippen molar-refractivity contribution in [2.24, 2.45) is 5.73 Å². The number of benzene rings is 1. The summed E-state index contributed by atoms with van der Waals surface area (Å²) in [6, 6.07) is 3.61. The van der Waals surface area contributed by atoms with Crippen LogP contribution in [0.4, 0.5) is 8.78 Å². The van der Waals surface area contributed by atoms with E-state index in [1.807, 2.05) is 0 Å². The number of hydrogen-bond donors (Lipinski definition) is 1. The van der Waals surface area contributed by atoms with Crippen LogP contribution in [-0.2, 0) is 0 Å². The van der Waals surface area contributed by atoms with Crippen LogP contribution in [0, 0.1) is 5.82 Å². The highest BCUT2D eigenvalue weighted by atomic mass is 79.9. The van der Waals surface area contributed by atoms with Crippen molar-refractivity contribution in [3.05, 3.63) is 34.1 Å². The van der Waals surface area contributed by atoms with E-state index in [1.54, 1.807) is 6.07 Å². The van der Waals surface area contributed by atoms with Crippen molar-refractivity contribution in [1.82, 2.24) is 0 Å². The van der Waals surface area contributed by atoms with E-state index < -0.39 is 18.5 Å². The average Bonchev–Trinajstić information content (AvgIpc) is 2.08. The highest BCUT2D eigenvalue weighted by molar-refractivity contribution is 9.10. The van der Waals surface area contributed by atoms with Gasteiger partial charge in [-0.2, -0.15) is 0 Å². The van der Waals surface area contributed by atoms with Gasteiger partial charge in [-0.05, 0) is 33.6 Å². The van der Waals surface area contributed by atoms with Crippen molar-refractivity contribution in [2.75, 3.05) is 6.67 Å². The Balaban J connectivity index is 2.96. The molecule has 0 spiro atoms. The summed E-state index contributed by atoms with van der Waals surface area (Å²) in [5.41, 5.74) is 5.83. The first-order valence-electron chi connectivity index (χ1n) is 3.41. The van der Waals surface area contributed by atoms with Crippen molar-refractivity contribution in [3.63, 3.8) is 0 Å². The first-order valence-corrected chi connectivity index (χ1v) is 4.21. The molecule has 0 saturated heterocycles. The fraction of sp³-hybridized carbons (Fsp3) is 0.250. The molecule has 66 valence electrons. The van der Waals surface area contributed by atoms with Gasteiger partial charge in [0.1, 0.15) is 12.5 Å². The maximum atomic E-state index is 12.9. The zero-order valence-corrected chi connectivity index (χ0v) is 7.81. The lowest BCUT2D eigenvalue weighted by atomic mass is 10.1. The largest absolute Gasteiger partial charge is 0.322 e. The normalized spacial score (nSPS) is 13.0. The second-order valence-electron chi connectivity index (χ2n) is 2.43. The number of rotatable bonds is 2. The molecule has 0 aromatic heterocycles. The van der Waals surface area contributed by atoms with Crippen LogP contribution in [0.2, 0.25) is 0 Å². The summed E-state index contributed by atoms with van der Waals surface area (Å²) in [6.07, 6.45) is 0. The van der Waals surface area contributed by atoms with E-state index in [0.717, 1.165) is 0 Å². The quantitative estimate of drug-likeness (QED) is 0.838. The number of alkyl halides is 1. The number of halogens is 3. The van der Waals surface area contributed by atoms with Gasteiger partial charge in [0.25, 0.3) is 0 Å². The molecule has 1 atom stereocenters. The van der Waals surface area contributed by atoms with E-state index >= 15 is 0 Å². The second-order valence-corrected chi connectivity index (χ2v) is 3.29. The fourth-order valence-corrected chi connectivity index (χ4v) is 1.08. The molecule has 1 aromatic carbocycles. The van der Waals surface area contributed by atoms with Crippen molar-refractivity contribution in [3.8, 4) is 0 Å². The molecule has 1 aromatic rings. The van der Waals surface area contributed by atoms with Gasteiger partial charge < -0.3 is 5.73 Å². The van der Waals surface area contributed by atoms with Crippen LogP contribution < -0.4 is 5.73 Å². The van der Waals surface area contributed by atoms with E-state index in [9.17, 15) is 8.78 Å². The third kappa shape index (κ3) is 2.01. The molecule has 0 aliphatic rings. The summed E-state index contributed by atoms with van der Waals surface area (Å²) in [5.74, 6) is -0.420. The van der Waals surface area contributed by atoms with Crippen LogP contribution in [0.25, 0.3) is 0 Å². The molecule has 4 heteroatoms. The SMILES string of the molecule is N[C@@H](CF)c1ccc(Br)c(F)c1. The molecule has 0 aliphatic carbocycles. The van der Waals surface area contributed by atoms with Crippen LogP contribution in [0.15, 0.2) is 22.7 Å². The monoisotopic (exact) mass is 235 g/mol. The van der Waals surface area contributed by atoms with Crippen LogP contribution in [0.3, 0.4) is 0 Å². The average molecular weight is 236 g/mol. The Morgan fingerprint density at radius 3 is 2.67 bits per heavy atom. The molecule has 12 heavy (non-hydrogen) atoms. The lowest BCUT2D eigenvalue weighted by Crippen LogP contribution is -2.12. The highest BCUT2D eigenvalue weighted by Gasteiger charge is 2.07. The zero-order valence-electron chi connectivity index (χ0n) is 6.23. The Kier molecular flexibility index (Phi) is 3.17. The Morgan fingerprint density at radius 2 is 2.17 bits per heavy atom. The Hall–Kier alpha value is -0.480. The van der Waals surface area contributed by atoms with Gasteiger partial charge in [0.2, 0.25) is 0 Å². The summed E-state index contributed by atoms with van der Waals surface area (Å²) in [7, 11) is 0. The molecule has 0 bridgehead atoms. The van der Waals surface area contributed by atoms with Crippen molar-refractivity contribution in [2.45, 2.75) is 6.04 Å². The van der Waals surface area contributed by atoms with E-state index in [-0.39, 0.29) is 0 Å². The van der Waals surface area contributed by atoms with Gasteiger partial charge in [0, 0.05) is 0 Å². The smallest absolute Gasteiger partial charge is 0.137 e. The molecular weight excluding hydrogens is 228 g/mol. The molecular formula is C8H8BrF2N. The molecule has 1 nitrogen and oxygen atoms in total. The first kappa shape index (κ1) is 9.61. The standard InChI is InChI=1S/C8H8BrF2N/c9-6-2-1-5(3-7(6)11)8(12)4-10/h1-3,8H,4,12H2/t8-/m0/s1. The van der Waals surface area contributed by atoms with Crippen molar-refractivity contribution >= 4 is 15.9 Å². The van der Waals surface area contributed by atoms with Crippen LogP contribution >= 0.6 is 15.9 Å². The summed E-state index contributed by atoms with van der Waals surface area (Å²) < 4.78 is 25.3. The predicted octanol–water partition coefficient (Wildman–Crippen LogP) is 2.56. The van der Waals surface area contributed by atoms with Gasteiger partial charge in [-0.1, -0.05) is 6.07 Å². The van der Waals surface area contributed by atoms with Crippen LogP contribution in [-0.4, -0.2) is 6.67 Å². The third-order valence-corrected chi connectivity index (χ3v) is 2.18. The lowest BCUT2D eigenvalue weighted by Gasteiger charge is -2.07. The zero-order chi connectivity index (χ0) is 9.14. The molecule has 0 radical (unpaired) electrons. The van der Waals surface area contributed by atoms with Gasteiger partial charge in [0.15, 0.2) is 0 Å². The van der Waals surface area contributed by atoms with Gasteiger partial charge >= 0.3 is 0 Å². The van der Waals surface area contributed by atoms with Crippen LogP contribution in [0.1, 0.15) is 11.6 Å². The Morgan fingerprint density at radius 1 is 1.50 bits per heavy atom. The topological polar surface area (TPSA) is 26.0 Å². The van der Waals surface area contributed by atoms with E-state index in [2.05, 4.69) is 15.9 Å². The maximum absolute atomic E-state index is 12.9. The second kappa shape index (κ2) is 3.96. The minimum atomic E-state index is -0.729. The summed E-state index contributed by atoms with van der Waals surface area (Å²) >= 11 is 2.99. The molecule has 2 N–H and O–H groups in total. The van der Waals surface area contributed by atoms with Gasteiger partial charge in [-0.25, -0.2) is 8.78 Å². The van der Waals surface area contributed by atoms with Gasteiger partial charge in [-0.3, -0.25) is 0 Å². The third-order valence-electron chi connectivity index (χ3n) is 1.54. The maximum Gasteiger partial charge on any atom is 0.137 e. The summed E-state index contributed by atoms with van der Waals surface area (Å²) in [5, 5.41) is 0. The number of hydrogen-bond acceptors (Lipinski definition) is 1. The Labute approximate surface area is 77.7 Å². The highest BCUT2D eigenvalue weighted by Crippen LogP contribution is 2.19. The molecule has 0 amide bonds. The summed E-state index contributed by atoms with van der Waals surface area (Å²) in [4.78, 5) is 0. The van der Waals surface area contributed by atoms with E-state index in [0.29, 0.717) is 10.0 Å². The Bertz CT molecular complexity index is 278. The van der Waals surface area contributed by atoms with Crippen LogP contribution in [0.5, 0.6) is 0 Å². The molecule has 1 rings (SSSR count). The lowest BCUT2D eigenvalue weighted by molar-refractivity contribution is 0.436. The molecule has 0 saturated carbocycles. The van der Waals surface area contributed by atoms with Crippen molar-refractivity contribution < 1.29 is 8.78 Å². The first-order chi connectivity index (χ1) is 5.65. The molecule has 0 unspecified atom stereocenters. The number of nitrogens with two attached hydrogens (primary N) is 1. The fourth-order valence-electron chi connectivity index (χ4n) is 0.832. The summed E-state index contributed by atoms with van der Waals surface area (Å²) in [6.45, 7) is -0.679. The minimum Gasteiger partial charge on any atom is -0.322 e. The van der Waals surface area contributed by atoms with Crippen molar-refractivity contribution in [1.29, 1.82) is 0 Å². The van der Waals surface area contributed by atoms with E-state index in [4.69, 9.17) is 5.73 Å². The van der Waals surface area contributed by atoms with Gasteiger partial charge in [-0.15, -0.1) is 0 Å². The predicted molar refractivity (Wildman–Crippen MR) is 47.0 cm³/mol.